The van der Waals surface area contributed by atoms with Crippen LogP contribution in [-0.2, 0) is 18.8 Å². The van der Waals surface area contributed by atoms with Crippen molar-refractivity contribution in [2.24, 2.45) is 5.92 Å². The molecule has 0 heterocycles. The van der Waals surface area contributed by atoms with Gasteiger partial charge in [0.15, 0.2) is 8.32 Å². The summed E-state index contributed by atoms with van der Waals surface area (Å²) >= 11 is 0. The Morgan fingerprint density at radius 3 is 2.29 bits per heavy atom. The number of hydrogen-bond donors (Lipinski definition) is 1. The van der Waals surface area contributed by atoms with Crippen molar-refractivity contribution in [3.63, 3.8) is 0 Å². The van der Waals surface area contributed by atoms with Gasteiger partial charge in [-0.1, -0.05) is 20.8 Å². The van der Waals surface area contributed by atoms with E-state index in [9.17, 15) is 9.59 Å². The highest BCUT2D eigenvalue weighted by molar-refractivity contribution is 6.74. The maximum absolute atomic E-state index is 11.8. The molecule has 0 aromatic heterocycles. The number of esters is 1. The van der Waals surface area contributed by atoms with E-state index in [2.05, 4.69) is 39.2 Å². The monoisotopic (exact) mass is 315 g/mol. The third kappa shape index (κ3) is 5.43. The summed E-state index contributed by atoms with van der Waals surface area (Å²) in [5.41, 5.74) is 0. The lowest BCUT2D eigenvalue weighted by Gasteiger charge is -2.36. The Hall–Kier alpha value is -0.883. The van der Waals surface area contributed by atoms with Crippen LogP contribution >= 0.6 is 0 Å². The van der Waals surface area contributed by atoms with Gasteiger partial charge in [-0.15, -0.1) is 0 Å². The van der Waals surface area contributed by atoms with E-state index in [1.54, 1.807) is 0 Å². The van der Waals surface area contributed by atoms with E-state index in [1.807, 2.05) is 0 Å². The Morgan fingerprint density at radius 1 is 1.29 bits per heavy atom. The molecule has 1 amide bonds. The van der Waals surface area contributed by atoms with Crippen LogP contribution in [-0.4, -0.2) is 40.0 Å². The number of methoxy groups -OCH3 is 1. The second-order valence-corrected chi connectivity index (χ2v) is 12.1. The summed E-state index contributed by atoms with van der Waals surface area (Å²) in [6.45, 7) is 11.3. The number of amides is 1. The van der Waals surface area contributed by atoms with Gasteiger partial charge < -0.3 is 14.5 Å². The molecule has 1 atom stereocenters. The van der Waals surface area contributed by atoms with Crippen LogP contribution in [0, 0.1) is 5.92 Å². The molecule has 1 aliphatic carbocycles. The fourth-order valence-electron chi connectivity index (χ4n) is 1.67. The molecule has 0 bridgehead atoms. The van der Waals surface area contributed by atoms with Crippen molar-refractivity contribution in [3.8, 4) is 0 Å². The average Bonchev–Trinajstić information content (AvgIpc) is 3.19. The van der Waals surface area contributed by atoms with Gasteiger partial charge in [0.2, 0.25) is 5.91 Å². The summed E-state index contributed by atoms with van der Waals surface area (Å²) in [6.07, 6.45) is 2.29. The Labute approximate surface area is 128 Å². The molecule has 1 saturated carbocycles. The van der Waals surface area contributed by atoms with Gasteiger partial charge in [0.05, 0.1) is 7.11 Å². The molecule has 0 unspecified atom stereocenters. The Morgan fingerprint density at radius 2 is 1.86 bits per heavy atom. The average molecular weight is 315 g/mol. The van der Waals surface area contributed by atoms with Gasteiger partial charge in [-0.25, -0.2) is 4.79 Å². The number of rotatable bonds is 7. The second kappa shape index (κ2) is 6.92. The number of ether oxygens (including phenoxy) is 1. The Bertz CT molecular complexity index is 386. The van der Waals surface area contributed by atoms with Gasteiger partial charge >= 0.3 is 5.97 Å². The molecule has 0 radical (unpaired) electrons. The van der Waals surface area contributed by atoms with Crippen molar-refractivity contribution >= 4 is 20.2 Å². The third-order valence-electron chi connectivity index (χ3n) is 4.43. The second-order valence-electron chi connectivity index (χ2n) is 7.26. The highest BCUT2D eigenvalue weighted by Crippen LogP contribution is 2.36. The van der Waals surface area contributed by atoms with Crippen molar-refractivity contribution in [3.05, 3.63) is 0 Å². The van der Waals surface area contributed by atoms with Crippen LogP contribution in [0.2, 0.25) is 18.1 Å². The molecular formula is C15H29NO4Si. The lowest BCUT2D eigenvalue weighted by molar-refractivity contribution is -0.145. The highest BCUT2D eigenvalue weighted by atomic mass is 28.4. The molecule has 6 heteroatoms. The molecule has 5 nitrogen and oxygen atoms in total. The lowest BCUT2D eigenvalue weighted by Crippen LogP contribution is -2.45. The molecule has 1 fully saturated rings. The topological polar surface area (TPSA) is 64.6 Å². The van der Waals surface area contributed by atoms with E-state index in [0.717, 1.165) is 12.8 Å². The summed E-state index contributed by atoms with van der Waals surface area (Å²) in [5.74, 6) is -0.362. The van der Waals surface area contributed by atoms with Gasteiger partial charge in [0.1, 0.15) is 6.04 Å². The van der Waals surface area contributed by atoms with E-state index in [-0.39, 0.29) is 16.9 Å². The lowest BCUT2D eigenvalue weighted by atomic mass is 10.2. The maximum Gasteiger partial charge on any atom is 0.328 e. The third-order valence-corrected chi connectivity index (χ3v) is 8.96. The van der Waals surface area contributed by atoms with Gasteiger partial charge in [-0.2, -0.15) is 0 Å². The fraction of sp³-hybridized carbons (Fsp3) is 0.867. The molecule has 0 aliphatic heterocycles. The quantitative estimate of drug-likeness (QED) is 0.579. The predicted octanol–water partition coefficient (Wildman–Crippen LogP) is 2.47. The van der Waals surface area contributed by atoms with Crippen LogP contribution < -0.4 is 5.32 Å². The first kappa shape index (κ1) is 18.2. The Kier molecular flexibility index (Phi) is 5.98. The van der Waals surface area contributed by atoms with Crippen molar-refractivity contribution in [2.45, 2.75) is 64.2 Å². The minimum Gasteiger partial charge on any atom is -0.467 e. The minimum atomic E-state index is -1.83. The molecule has 1 N–H and O–H groups in total. The number of nitrogens with one attached hydrogen (secondary N) is 1. The van der Waals surface area contributed by atoms with Crippen molar-refractivity contribution < 1.29 is 18.8 Å². The number of carbonyl (C=O) groups is 2. The van der Waals surface area contributed by atoms with E-state index in [0.29, 0.717) is 13.0 Å². The zero-order valence-corrected chi connectivity index (χ0v) is 15.1. The molecule has 122 valence electrons. The van der Waals surface area contributed by atoms with Crippen LogP contribution in [0.15, 0.2) is 0 Å². The molecule has 21 heavy (non-hydrogen) atoms. The molecule has 0 saturated heterocycles. The zero-order chi connectivity index (χ0) is 16.3. The normalized spacial score (nSPS) is 17.2. The summed E-state index contributed by atoms with van der Waals surface area (Å²) in [5, 5.41) is 2.91. The predicted molar refractivity (Wildman–Crippen MR) is 84.4 cm³/mol. The first-order valence-corrected chi connectivity index (χ1v) is 10.5. The van der Waals surface area contributed by atoms with E-state index in [4.69, 9.17) is 9.16 Å². The van der Waals surface area contributed by atoms with Crippen LogP contribution in [0.25, 0.3) is 0 Å². The molecule has 0 spiro atoms. The van der Waals surface area contributed by atoms with Crippen molar-refractivity contribution in [2.75, 3.05) is 13.7 Å². The molecule has 0 aromatic carbocycles. The first-order chi connectivity index (χ1) is 9.58. The van der Waals surface area contributed by atoms with E-state index in [1.165, 1.54) is 7.11 Å². The van der Waals surface area contributed by atoms with E-state index >= 15 is 0 Å². The van der Waals surface area contributed by atoms with Gasteiger partial charge in [-0.05, 0) is 31.0 Å². The SMILES string of the molecule is COC(=O)[C@@H](CCO[Si](C)(C)C(C)(C)C)NC(=O)C1CC1. The van der Waals surface area contributed by atoms with Crippen molar-refractivity contribution in [1.29, 1.82) is 0 Å². The van der Waals surface area contributed by atoms with E-state index < -0.39 is 20.3 Å². The summed E-state index contributed by atoms with van der Waals surface area (Å²) in [6, 6.07) is -0.604. The Balaban J connectivity index is 2.49. The fourth-order valence-corrected chi connectivity index (χ4v) is 2.74. The van der Waals surface area contributed by atoms with Crippen LogP contribution in [0.1, 0.15) is 40.0 Å². The smallest absolute Gasteiger partial charge is 0.328 e. The standard InChI is InChI=1S/C15H29NO4Si/c1-15(2,3)21(5,6)20-10-9-12(14(18)19-4)16-13(17)11-7-8-11/h11-12H,7-10H2,1-6H3,(H,16,17)/t12-/m1/s1. The van der Waals surface area contributed by atoms with Crippen LogP contribution in [0.4, 0.5) is 0 Å². The summed E-state index contributed by atoms with van der Waals surface area (Å²) in [7, 11) is -0.490. The van der Waals surface area contributed by atoms with Crippen LogP contribution in [0.5, 0.6) is 0 Å². The summed E-state index contributed by atoms with van der Waals surface area (Å²) in [4.78, 5) is 23.6. The molecule has 1 aliphatic rings. The van der Waals surface area contributed by atoms with Gasteiger partial charge in [0.25, 0.3) is 0 Å². The number of carbonyl (C=O) groups excluding carboxylic acids is 2. The molecule has 0 aromatic rings. The molecule has 1 rings (SSSR count). The maximum atomic E-state index is 11.8. The zero-order valence-electron chi connectivity index (χ0n) is 14.1. The highest BCUT2D eigenvalue weighted by Gasteiger charge is 2.38. The first-order valence-electron chi connectivity index (χ1n) is 7.60. The number of hydrogen-bond acceptors (Lipinski definition) is 4. The summed E-state index contributed by atoms with van der Waals surface area (Å²) < 4.78 is 10.8. The van der Waals surface area contributed by atoms with Gasteiger partial charge in [0, 0.05) is 18.9 Å². The minimum absolute atomic E-state index is 0.0438. The van der Waals surface area contributed by atoms with Crippen LogP contribution in [0.3, 0.4) is 0 Å². The largest absolute Gasteiger partial charge is 0.467 e. The molecular weight excluding hydrogens is 286 g/mol. The van der Waals surface area contributed by atoms with Crippen molar-refractivity contribution in [1.82, 2.24) is 5.32 Å². The van der Waals surface area contributed by atoms with Gasteiger partial charge in [-0.3, -0.25) is 4.79 Å².